The minimum absolute atomic E-state index is 0.00204. The zero-order valence-electron chi connectivity index (χ0n) is 15.0. The monoisotopic (exact) mass is 341 g/mol. The summed E-state index contributed by atoms with van der Waals surface area (Å²) in [6.45, 7) is 2.05. The average Bonchev–Trinajstić information content (AvgIpc) is 3.16. The van der Waals surface area contributed by atoms with E-state index >= 15 is 0 Å². The van der Waals surface area contributed by atoms with Crippen LogP contribution in [-0.4, -0.2) is 5.91 Å². The van der Waals surface area contributed by atoms with Crippen molar-refractivity contribution in [1.82, 2.24) is 5.32 Å². The second kappa shape index (κ2) is 7.17. The molecule has 2 nitrogen and oxygen atoms in total. The van der Waals surface area contributed by atoms with E-state index in [1.54, 1.807) is 0 Å². The van der Waals surface area contributed by atoms with E-state index in [-0.39, 0.29) is 11.9 Å². The van der Waals surface area contributed by atoms with Gasteiger partial charge in [0.05, 0.1) is 6.04 Å². The normalized spacial score (nSPS) is 13.9. The lowest BCUT2D eigenvalue weighted by molar-refractivity contribution is 0.0940. The molecule has 1 atom stereocenters. The Morgan fingerprint density at radius 2 is 1.54 bits per heavy atom. The first-order valence-electron chi connectivity index (χ1n) is 9.29. The Hall–Kier alpha value is -2.87. The molecule has 0 bridgehead atoms. The highest BCUT2D eigenvalue weighted by Gasteiger charge is 2.15. The van der Waals surface area contributed by atoms with Crippen molar-refractivity contribution in [2.45, 2.75) is 32.2 Å². The van der Waals surface area contributed by atoms with Gasteiger partial charge in [-0.15, -0.1) is 0 Å². The zero-order chi connectivity index (χ0) is 17.9. The van der Waals surface area contributed by atoms with Gasteiger partial charge in [-0.05, 0) is 66.1 Å². The van der Waals surface area contributed by atoms with Gasteiger partial charge in [0.25, 0.3) is 5.91 Å². The van der Waals surface area contributed by atoms with Crippen LogP contribution in [0.25, 0.3) is 11.1 Å². The van der Waals surface area contributed by atoms with Gasteiger partial charge in [-0.3, -0.25) is 4.79 Å². The van der Waals surface area contributed by atoms with Gasteiger partial charge in [-0.1, -0.05) is 60.7 Å². The Kier molecular flexibility index (Phi) is 4.57. The van der Waals surface area contributed by atoms with Crippen molar-refractivity contribution < 1.29 is 4.79 Å². The Bertz CT molecular complexity index is 913. The summed E-state index contributed by atoms with van der Waals surface area (Å²) < 4.78 is 0. The fourth-order valence-corrected chi connectivity index (χ4v) is 3.67. The molecule has 1 aliphatic carbocycles. The lowest BCUT2D eigenvalue weighted by atomic mass is 10.0. The second-order valence-corrected chi connectivity index (χ2v) is 7.02. The number of amides is 1. The molecule has 1 amide bonds. The lowest BCUT2D eigenvalue weighted by Crippen LogP contribution is -2.26. The van der Waals surface area contributed by atoms with Crippen LogP contribution in [0.15, 0.2) is 72.8 Å². The topological polar surface area (TPSA) is 29.1 Å². The summed E-state index contributed by atoms with van der Waals surface area (Å²) in [5.74, 6) is -0.0300. The van der Waals surface area contributed by atoms with Crippen LogP contribution >= 0.6 is 0 Å². The van der Waals surface area contributed by atoms with Gasteiger partial charge in [0.2, 0.25) is 0 Å². The molecule has 0 spiro atoms. The number of hydrogen-bond donors (Lipinski definition) is 1. The third-order valence-corrected chi connectivity index (χ3v) is 5.22. The Morgan fingerprint density at radius 3 is 2.31 bits per heavy atom. The van der Waals surface area contributed by atoms with Crippen molar-refractivity contribution in [2.24, 2.45) is 0 Å². The number of fused-ring (bicyclic) bond motifs is 1. The van der Waals surface area contributed by atoms with Crippen LogP contribution in [0.4, 0.5) is 0 Å². The van der Waals surface area contributed by atoms with Crippen LogP contribution < -0.4 is 5.32 Å². The minimum Gasteiger partial charge on any atom is -0.346 e. The fraction of sp³-hybridized carbons (Fsp3) is 0.208. The van der Waals surface area contributed by atoms with Gasteiger partial charge in [0.15, 0.2) is 0 Å². The molecule has 3 aromatic carbocycles. The average molecular weight is 341 g/mol. The van der Waals surface area contributed by atoms with Crippen molar-refractivity contribution >= 4 is 5.91 Å². The van der Waals surface area contributed by atoms with Crippen molar-refractivity contribution in [3.63, 3.8) is 0 Å². The number of nitrogens with one attached hydrogen (secondary N) is 1. The molecule has 0 aliphatic heterocycles. The van der Waals surface area contributed by atoms with Crippen molar-refractivity contribution in [2.75, 3.05) is 0 Å². The van der Waals surface area contributed by atoms with E-state index in [0.717, 1.165) is 17.5 Å². The quantitative estimate of drug-likeness (QED) is 0.682. The predicted octanol–water partition coefficient (Wildman–Crippen LogP) is 5.33. The first-order valence-corrected chi connectivity index (χ1v) is 9.29. The molecule has 0 aromatic heterocycles. The summed E-state index contributed by atoms with van der Waals surface area (Å²) in [5.41, 5.74) is 7.05. The van der Waals surface area contributed by atoms with E-state index in [0.29, 0.717) is 5.56 Å². The van der Waals surface area contributed by atoms with Crippen molar-refractivity contribution in [3.05, 3.63) is 95.1 Å². The molecule has 1 aliphatic rings. The largest absolute Gasteiger partial charge is 0.346 e. The minimum atomic E-state index is -0.0300. The SMILES string of the molecule is C[C@@H](NC(=O)c1ccc(-c2ccccc2)cc1)c1ccc2c(c1)CCC2. The number of benzene rings is 3. The van der Waals surface area contributed by atoms with E-state index in [1.807, 2.05) is 49.4 Å². The molecule has 4 rings (SSSR count). The van der Waals surface area contributed by atoms with Crippen LogP contribution in [0, 0.1) is 0 Å². The highest BCUT2D eigenvalue weighted by Crippen LogP contribution is 2.25. The number of rotatable bonds is 4. The summed E-state index contributed by atoms with van der Waals surface area (Å²) in [7, 11) is 0. The van der Waals surface area contributed by atoms with Crippen LogP contribution in [0.5, 0.6) is 0 Å². The van der Waals surface area contributed by atoms with Gasteiger partial charge in [0, 0.05) is 5.56 Å². The molecule has 0 unspecified atom stereocenters. The molecule has 0 saturated carbocycles. The molecule has 0 fully saturated rings. The van der Waals surface area contributed by atoms with Gasteiger partial charge < -0.3 is 5.32 Å². The van der Waals surface area contributed by atoms with Crippen LogP contribution in [0.3, 0.4) is 0 Å². The van der Waals surface area contributed by atoms with E-state index in [9.17, 15) is 4.79 Å². The highest BCUT2D eigenvalue weighted by molar-refractivity contribution is 5.95. The molecule has 130 valence electrons. The van der Waals surface area contributed by atoms with Crippen LogP contribution in [-0.2, 0) is 12.8 Å². The lowest BCUT2D eigenvalue weighted by Gasteiger charge is -2.16. The molecule has 26 heavy (non-hydrogen) atoms. The summed E-state index contributed by atoms with van der Waals surface area (Å²) in [6.07, 6.45) is 3.59. The number of aryl methyl sites for hydroxylation is 2. The smallest absolute Gasteiger partial charge is 0.251 e. The van der Waals surface area contributed by atoms with Crippen molar-refractivity contribution in [3.8, 4) is 11.1 Å². The van der Waals surface area contributed by atoms with Gasteiger partial charge in [-0.25, -0.2) is 0 Å². The molecule has 2 heteroatoms. The van der Waals surface area contributed by atoms with Gasteiger partial charge in [0.1, 0.15) is 0 Å². The second-order valence-electron chi connectivity index (χ2n) is 7.02. The van der Waals surface area contributed by atoms with Gasteiger partial charge >= 0.3 is 0 Å². The third kappa shape index (κ3) is 3.41. The molecular formula is C24H23NO. The maximum atomic E-state index is 12.6. The summed E-state index contributed by atoms with van der Waals surface area (Å²) in [5, 5.41) is 3.12. The number of carbonyl (C=O) groups excluding carboxylic acids is 1. The maximum absolute atomic E-state index is 12.6. The number of hydrogen-bond acceptors (Lipinski definition) is 1. The summed E-state index contributed by atoms with van der Waals surface area (Å²) >= 11 is 0. The molecule has 1 N–H and O–H groups in total. The summed E-state index contributed by atoms with van der Waals surface area (Å²) in [4.78, 5) is 12.6. The van der Waals surface area contributed by atoms with E-state index < -0.39 is 0 Å². The number of carbonyl (C=O) groups is 1. The third-order valence-electron chi connectivity index (χ3n) is 5.22. The van der Waals surface area contributed by atoms with Gasteiger partial charge in [-0.2, -0.15) is 0 Å². The fourth-order valence-electron chi connectivity index (χ4n) is 3.67. The summed E-state index contributed by atoms with van der Waals surface area (Å²) in [6, 6.07) is 24.6. The first-order chi connectivity index (χ1) is 12.7. The molecule has 0 saturated heterocycles. The standard InChI is InChI=1S/C24H23NO/c1-17(22-15-12-19-8-5-9-23(19)16-22)25-24(26)21-13-10-20(11-14-21)18-6-3-2-4-7-18/h2-4,6-7,10-17H,5,8-9H2,1H3,(H,25,26)/t17-/m1/s1. The molecule has 0 heterocycles. The zero-order valence-corrected chi connectivity index (χ0v) is 15.0. The first kappa shape index (κ1) is 16.6. The van der Waals surface area contributed by atoms with Crippen molar-refractivity contribution in [1.29, 1.82) is 0 Å². The van der Waals surface area contributed by atoms with E-state index in [4.69, 9.17) is 0 Å². The Balaban J connectivity index is 1.46. The maximum Gasteiger partial charge on any atom is 0.251 e. The predicted molar refractivity (Wildman–Crippen MR) is 106 cm³/mol. The molecular weight excluding hydrogens is 318 g/mol. The molecule has 3 aromatic rings. The van der Waals surface area contributed by atoms with E-state index in [2.05, 4.69) is 35.6 Å². The molecule has 0 radical (unpaired) electrons. The highest BCUT2D eigenvalue weighted by atomic mass is 16.1. The Morgan fingerprint density at radius 1 is 0.846 bits per heavy atom. The Labute approximate surface area is 154 Å². The van der Waals surface area contributed by atoms with Crippen LogP contribution in [0.1, 0.15) is 46.4 Å². The van der Waals surface area contributed by atoms with Crippen LogP contribution in [0.2, 0.25) is 0 Å². The van der Waals surface area contributed by atoms with E-state index in [1.165, 1.54) is 29.5 Å².